The van der Waals surface area contributed by atoms with Gasteiger partial charge in [0.1, 0.15) is 5.75 Å². The lowest BCUT2D eigenvalue weighted by Gasteiger charge is -2.01. The van der Waals surface area contributed by atoms with Crippen molar-refractivity contribution in [3.63, 3.8) is 0 Å². The van der Waals surface area contributed by atoms with Gasteiger partial charge in [-0.15, -0.1) is 11.8 Å². The van der Waals surface area contributed by atoms with Crippen molar-refractivity contribution in [3.05, 3.63) is 23.8 Å². The van der Waals surface area contributed by atoms with Gasteiger partial charge in [0.25, 0.3) is 0 Å². The molecule has 58 valence electrons. The minimum Gasteiger partial charge on any atom is -0.506 e. The van der Waals surface area contributed by atoms with Gasteiger partial charge >= 0.3 is 0 Å². The Hall–Kier alpha value is -0.960. The van der Waals surface area contributed by atoms with Gasteiger partial charge in [-0.3, -0.25) is 4.79 Å². The normalized spacial score (nSPS) is 9.55. The van der Waals surface area contributed by atoms with Gasteiger partial charge < -0.3 is 5.11 Å². The van der Waals surface area contributed by atoms with Crippen LogP contribution in [0.25, 0.3) is 0 Å². The van der Waals surface area contributed by atoms with Gasteiger partial charge in [-0.2, -0.15) is 0 Å². The molecule has 0 unspecified atom stereocenters. The van der Waals surface area contributed by atoms with Gasteiger partial charge in [-0.05, 0) is 18.4 Å². The van der Waals surface area contributed by atoms with Gasteiger partial charge in [0, 0.05) is 4.90 Å². The van der Waals surface area contributed by atoms with Crippen molar-refractivity contribution in [1.29, 1.82) is 0 Å². The van der Waals surface area contributed by atoms with E-state index in [0.717, 1.165) is 4.90 Å². The number of carbonyl (C=O) groups excluding carboxylic acids is 1. The molecule has 0 bridgehead atoms. The molecule has 1 N–H and O–H groups in total. The van der Waals surface area contributed by atoms with Gasteiger partial charge in [0.15, 0.2) is 6.29 Å². The Balaban J connectivity index is 3.20. The summed E-state index contributed by atoms with van der Waals surface area (Å²) in [5.74, 6) is 0.0787. The summed E-state index contributed by atoms with van der Waals surface area (Å²) >= 11 is 1.42. The Morgan fingerprint density at radius 1 is 1.55 bits per heavy atom. The molecule has 0 spiro atoms. The van der Waals surface area contributed by atoms with Crippen LogP contribution in [0.1, 0.15) is 10.4 Å². The van der Waals surface area contributed by atoms with E-state index < -0.39 is 0 Å². The number of hydrogen-bond acceptors (Lipinski definition) is 3. The highest BCUT2D eigenvalue weighted by molar-refractivity contribution is 7.98. The summed E-state index contributed by atoms with van der Waals surface area (Å²) in [4.78, 5) is 11.1. The molecular weight excluding hydrogens is 160 g/mol. The highest BCUT2D eigenvalue weighted by Gasteiger charge is 2.03. The Kier molecular flexibility index (Phi) is 2.54. The zero-order chi connectivity index (χ0) is 8.27. The molecule has 0 fully saturated rings. The van der Waals surface area contributed by atoms with E-state index in [1.807, 2.05) is 6.26 Å². The van der Waals surface area contributed by atoms with E-state index in [2.05, 4.69) is 0 Å². The fraction of sp³-hybridized carbons (Fsp3) is 0.125. The molecule has 1 rings (SSSR count). The number of carbonyl (C=O) groups is 1. The average Bonchev–Trinajstić information content (AvgIpc) is 2.05. The SMILES string of the molecule is CSc1cccc(C=O)c1O. The van der Waals surface area contributed by atoms with Crippen LogP contribution >= 0.6 is 11.8 Å². The molecule has 0 aliphatic carbocycles. The maximum absolute atomic E-state index is 10.3. The second-order valence-corrected chi connectivity index (χ2v) is 2.86. The molecule has 0 amide bonds. The van der Waals surface area contributed by atoms with Crippen molar-refractivity contribution in [2.75, 3.05) is 6.26 Å². The highest BCUT2D eigenvalue weighted by atomic mass is 32.2. The smallest absolute Gasteiger partial charge is 0.153 e. The first-order valence-corrected chi connectivity index (χ1v) is 4.33. The molecule has 0 radical (unpaired) electrons. The summed E-state index contributed by atoms with van der Waals surface area (Å²) in [6.45, 7) is 0. The molecule has 0 aliphatic rings. The van der Waals surface area contributed by atoms with Crippen LogP contribution < -0.4 is 0 Å². The predicted octanol–water partition coefficient (Wildman–Crippen LogP) is 1.93. The number of rotatable bonds is 2. The first kappa shape index (κ1) is 8.14. The Bertz CT molecular complexity index is 271. The number of hydrogen-bond donors (Lipinski definition) is 1. The predicted molar refractivity (Wildman–Crippen MR) is 45.3 cm³/mol. The van der Waals surface area contributed by atoms with E-state index in [1.54, 1.807) is 18.2 Å². The summed E-state index contributed by atoms with van der Waals surface area (Å²) in [6, 6.07) is 5.10. The molecular formula is C8H8O2S. The van der Waals surface area contributed by atoms with E-state index in [0.29, 0.717) is 11.8 Å². The summed E-state index contributed by atoms with van der Waals surface area (Å²) < 4.78 is 0. The molecule has 0 heterocycles. The minimum absolute atomic E-state index is 0.0787. The van der Waals surface area contributed by atoms with Crippen LogP contribution in [-0.4, -0.2) is 17.6 Å². The van der Waals surface area contributed by atoms with Crippen molar-refractivity contribution >= 4 is 18.0 Å². The third-order valence-electron chi connectivity index (χ3n) is 1.38. The molecule has 0 atom stereocenters. The van der Waals surface area contributed by atoms with Crippen molar-refractivity contribution < 1.29 is 9.90 Å². The molecule has 11 heavy (non-hydrogen) atoms. The first-order valence-electron chi connectivity index (χ1n) is 3.10. The molecule has 1 aromatic rings. The maximum atomic E-state index is 10.3. The van der Waals surface area contributed by atoms with Gasteiger partial charge in [-0.25, -0.2) is 0 Å². The van der Waals surface area contributed by atoms with E-state index >= 15 is 0 Å². The molecule has 2 nitrogen and oxygen atoms in total. The molecule has 0 aromatic heterocycles. The van der Waals surface area contributed by atoms with Crippen LogP contribution in [-0.2, 0) is 0 Å². The van der Waals surface area contributed by atoms with E-state index in [-0.39, 0.29) is 5.75 Å². The van der Waals surface area contributed by atoms with Crippen LogP contribution in [0, 0.1) is 0 Å². The fourth-order valence-electron chi connectivity index (χ4n) is 0.799. The van der Waals surface area contributed by atoms with Crippen molar-refractivity contribution in [1.82, 2.24) is 0 Å². The number of aromatic hydroxyl groups is 1. The van der Waals surface area contributed by atoms with E-state index in [1.165, 1.54) is 11.8 Å². The number of phenols is 1. The van der Waals surface area contributed by atoms with Crippen molar-refractivity contribution in [2.45, 2.75) is 4.90 Å². The van der Waals surface area contributed by atoms with Crippen LogP contribution in [0.4, 0.5) is 0 Å². The standard InChI is InChI=1S/C8H8O2S/c1-11-7-4-2-3-6(5-9)8(7)10/h2-5,10H,1H3. The van der Waals surface area contributed by atoms with Gasteiger partial charge in [0.2, 0.25) is 0 Å². The summed E-state index contributed by atoms with van der Waals surface area (Å²) in [5, 5.41) is 9.34. The highest BCUT2D eigenvalue weighted by Crippen LogP contribution is 2.28. The first-order chi connectivity index (χ1) is 5.29. The largest absolute Gasteiger partial charge is 0.506 e. The Morgan fingerprint density at radius 2 is 2.27 bits per heavy atom. The van der Waals surface area contributed by atoms with Crippen LogP contribution in [0.3, 0.4) is 0 Å². The lowest BCUT2D eigenvalue weighted by atomic mass is 10.2. The second-order valence-electron chi connectivity index (χ2n) is 2.02. The topological polar surface area (TPSA) is 37.3 Å². The van der Waals surface area contributed by atoms with Crippen molar-refractivity contribution in [3.8, 4) is 5.75 Å². The van der Waals surface area contributed by atoms with Gasteiger partial charge in [0.05, 0.1) is 5.56 Å². The summed E-state index contributed by atoms with van der Waals surface area (Å²) in [7, 11) is 0. The van der Waals surface area contributed by atoms with Crippen molar-refractivity contribution in [2.24, 2.45) is 0 Å². The zero-order valence-electron chi connectivity index (χ0n) is 6.07. The molecule has 1 aromatic carbocycles. The van der Waals surface area contributed by atoms with Crippen LogP contribution in [0.15, 0.2) is 23.1 Å². The molecule has 0 saturated heterocycles. The Labute approximate surface area is 69.2 Å². The molecule has 0 saturated carbocycles. The summed E-state index contributed by atoms with van der Waals surface area (Å²) in [6.07, 6.45) is 2.50. The quantitative estimate of drug-likeness (QED) is 0.541. The zero-order valence-corrected chi connectivity index (χ0v) is 6.89. The lowest BCUT2D eigenvalue weighted by molar-refractivity contribution is 0.112. The fourth-order valence-corrected chi connectivity index (χ4v) is 1.32. The Morgan fingerprint density at radius 3 is 2.82 bits per heavy atom. The third-order valence-corrected chi connectivity index (χ3v) is 2.15. The number of benzene rings is 1. The lowest BCUT2D eigenvalue weighted by Crippen LogP contribution is -1.82. The van der Waals surface area contributed by atoms with Gasteiger partial charge in [-0.1, -0.05) is 6.07 Å². The second kappa shape index (κ2) is 3.44. The van der Waals surface area contributed by atoms with Crippen LogP contribution in [0.2, 0.25) is 0 Å². The number of thioether (sulfide) groups is 1. The average molecular weight is 168 g/mol. The number of aldehydes is 1. The monoisotopic (exact) mass is 168 g/mol. The van der Waals surface area contributed by atoms with Crippen LogP contribution in [0.5, 0.6) is 5.75 Å². The van der Waals surface area contributed by atoms with E-state index in [9.17, 15) is 9.90 Å². The summed E-state index contributed by atoms with van der Waals surface area (Å²) in [5.41, 5.74) is 0.344. The maximum Gasteiger partial charge on any atom is 0.153 e. The molecule has 0 aliphatic heterocycles. The minimum atomic E-state index is 0.0787. The van der Waals surface area contributed by atoms with E-state index in [4.69, 9.17) is 0 Å². The molecule has 3 heteroatoms. The third kappa shape index (κ3) is 1.54. The number of phenolic OH excluding ortho intramolecular Hbond substituents is 1. The number of para-hydroxylation sites is 1.